The van der Waals surface area contributed by atoms with Gasteiger partial charge >= 0.3 is 0 Å². The van der Waals surface area contributed by atoms with E-state index in [1.165, 1.54) is 11.1 Å². The Morgan fingerprint density at radius 3 is 2.50 bits per heavy atom. The molecule has 1 saturated carbocycles. The minimum atomic E-state index is -0.576. The number of hydrogen-bond donors (Lipinski definition) is 1. The summed E-state index contributed by atoms with van der Waals surface area (Å²) < 4.78 is 0. The van der Waals surface area contributed by atoms with E-state index in [4.69, 9.17) is 0 Å². The number of nitrogens with one attached hydrogen (secondary N) is 1. The van der Waals surface area contributed by atoms with Gasteiger partial charge in [0.15, 0.2) is 0 Å². The standard InChI is InChI=1S/C26H32N2O2/c1-3-27-25(30)26(14-9-15-28(18-26)24(29)23-16-19(23)2)17-21-12-7-8-13-22(21)20-10-5-4-6-11-20/h4-8,10-13,19,23H,3,9,14-18H2,1-2H3,(H,27,30)/t19-,23-,26+/m1/s1. The normalized spacial score (nSPS) is 25.6. The second-order valence-corrected chi connectivity index (χ2v) is 9.02. The van der Waals surface area contributed by atoms with Gasteiger partial charge in [0.1, 0.15) is 0 Å². The van der Waals surface area contributed by atoms with Crippen molar-refractivity contribution in [2.75, 3.05) is 19.6 Å². The highest BCUT2D eigenvalue weighted by Gasteiger charge is 2.47. The Bertz CT molecular complexity index is 910. The maximum Gasteiger partial charge on any atom is 0.228 e. The van der Waals surface area contributed by atoms with Crippen LogP contribution in [0.1, 0.15) is 38.7 Å². The number of hydrogen-bond acceptors (Lipinski definition) is 2. The van der Waals surface area contributed by atoms with Crippen molar-refractivity contribution in [1.29, 1.82) is 0 Å². The van der Waals surface area contributed by atoms with E-state index >= 15 is 0 Å². The fourth-order valence-corrected chi connectivity index (χ4v) is 4.92. The van der Waals surface area contributed by atoms with Crippen LogP contribution in [0.4, 0.5) is 0 Å². The highest BCUT2D eigenvalue weighted by Crippen LogP contribution is 2.42. The molecule has 4 heteroatoms. The van der Waals surface area contributed by atoms with Crippen molar-refractivity contribution >= 4 is 11.8 Å². The number of carbonyl (C=O) groups excluding carboxylic acids is 2. The molecule has 0 unspecified atom stereocenters. The number of rotatable bonds is 6. The van der Waals surface area contributed by atoms with Crippen LogP contribution in [0.15, 0.2) is 54.6 Å². The number of amides is 2. The molecule has 0 spiro atoms. The molecule has 2 aromatic rings. The first kappa shape index (κ1) is 20.6. The van der Waals surface area contributed by atoms with Crippen molar-refractivity contribution in [2.45, 2.75) is 39.5 Å². The highest BCUT2D eigenvalue weighted by molar-refractivity contribution is 5.86. The average Bonchev–Trinajstić information content (AvgIpc) is 3.51. The van der Waals surface area contributed by atoms with Crippen molar-refractivity contribution < 1.29 is 9.59 Å². The molecule has 0 radical (unpaired) electrons. The summed E-state index contributed by atoms with van der Waals surface area (Å²) in [7, 11) is 0. The Kier molecular flexibility index (Phi) is 5.94. The van der Waals surface area contributed by atoms with Gasteiger partial charge in [-0.25, -0.2) is 0 Å². The summed E-state index contributed by atoms with van der Waals surface area (Å²) in [6.45, 7) is 5.99. The predicted octanol–water partition coefficient (Wildman–Crippen LogP) is 4.30. The first-order chi connectivity index (χ1) is 14.5. The Labute approximate surface area is 179 Å². The summed E-state index contributed by atoms with van der Waals surface area (Å²) in [4.78, 5) is 28.3. The Balaban J connectivity index is 1.65. The molecule has 2 fully saturated rings. The predicted molar refractivity (Wildman–Crippen MR) is 120 cm³/mol. The molecule has 3 atom stereocenters. The number of nitrogens with zero attached hydrogens (tertiary/aromatic N) is 1. The number of benzene rings is 2. The fourth-order valence-electron chi connectivity index (χ4n) is 4.92. The van der Waals surface area contributed by atoms with Crippen LogP contribution in [-0.2, 0) is 16.0 Å². The zero-order valence-electron chi connectivity index (χ0n) is 18.1. The maximum absolute atomic E-state index is 13.3. The van der Waals surface area contributed by atoms with Gasteiger partial charge in [0.2, 0.25) is 11.8 Å². The van der Waals surface area contributed by atoms with Crippen LogP contribution in [0, 0.1) is 17.3 Å². The molecule has 4 nitrogen and oxygen atoms in total. The molecule has 2 aromatic carbocycles. The molecule has 158 valence electrons. The van der Waals surface area contributed by atoms with Crippen molar-refractivity contribution in [2.24, 2.45) is 17.3 Å². The summed E-state index contributed by atoms with van der Waals surface area (Å²) in [6, 6.07) is 18.7. The van der Waals surface area contributed by atoms with Crippen LogP contribution in [0.25, 0.3) is 11.1 Å². The summed E-state index contributed by atoms with van der Waals surface area (Å²) in [5.41, 5.74) is 2.92. The van der Waals surface area contributed by atoms with Gasteiger partial charge in [-0.05, 0) is 55.2 Å². The van der Waals surface area contributed by atoms with Crippen LogP contribution in [0.5, 0.6) is 0 Å². The fraction of sp³-hybridized carbons (Fsp3) is 0.462. The molecule has 1 N–H and O–H groups in total. The number of likely N-dealkylation sites (tertiary alicyclic amines) is 1. The Hall–Kier alpha value is -2.62. The lowest BCUT2D eigenvalue weighted by Crippen LogP contribution is -2.54. The number of piperidine rings is 1. The first-order valence-electron chi connectivity index (χ1n) is 11.2. The van der Waals surface area contributed by atoms with Crippen LogP contribution in [-0.4, -0.2) is 36.3 Å². The van der Waals surface area contributed by atoms with E-state index in [-0.39, 0.29) is 17.7 Å². The zero-order chi connectivity index (χ0) is 21.1. The third-order valence-electron chi connectivity index (χ3n) is 6.77. The quantitative estimate of drug-likeness (QED) is 0.780. The summed E-state index contributed by atoms with van der Waals surface area (Å²) in [5.74, 6) is 0.963. The minimum absolute atomic E-state index is 0.0780. The van der Waals surface area contributed by atoms with Gasteiger partial charge in [-0.2, -0.15) is 0 Å². The second kappa shape index (κ2) is 8.63. The monoisotopic (exact) mass is 404 g/mol. The zero-order valence-corrected chi connectivity index (χ0v) is 18.1. The van der Waals surface area contributed by atoms with E-state index in [1.54, 1.807) is 0 Å². The summed E-state index contributed by atoms with van der Waals surface area (Å²) >= 11 is 0. The molecule has 2 amide bonds. The van der Waals surface area contributed by atoms with Crippen LogP contribution in [0.3, 0.4) is 0 Å². The third kappa shape index (κ3) is 4.14. The largest absolute Gasteiger partial charge is 0.356 e. The molecule has 4 rings (SSSR count). The molecule has 1 aliphatic heterocycles. The SMILES string of the molecule is CCNC(=O)[C@]1(Cc2ccccc2-c2ccccc2)CCCN(C(=O)[C@@H]2C[C@H]2C)C1. The smallest absolute Gasteiger partial charge is 0.228 e. The van der Waals surface area contributed by atoms with Crippen molar-refractivity contribution in [3.63, 3.8) is 0 Å². The van der Waals surface area contributed by atoms with Gasteiger partial charge in [0, 0.05) is 25.6 Å². The van der Waals surface area contributed by atoms with E-state index in [0.29, 0.717) is 25.4 Å². The molecule has 30 heavy (non-hydrogen) atoms. The van der Waals surface area contributed by atoms with Gasteiger partial charge in [0.05, 0.1) is 5.41 Å². The number of carbonyl (C=O) groups is 2. The molecular formula is C26H32N2O2. The van der Waals surface area contributed by atoms with E-state index in [9.17, 15) is 9.59 Å². The molecule has 1 saturated heterocycles. The van der Waals surface area contributed by atoms with Crippen LogP contribution in [0.2, 0.25) is 0 Å². The van der Waals surface area contributed by atoms with E-state index in [0.717, 1.165) is 31.4 Å². The topological polar surface area (TPSA) is 49.4 Å². The lowest BCUT2D eigenvalue weighted by Gasteiger charge is -2.42. The van der Waals surface area contributed by atoms with E-state index < -0.39 is 5.41 Å². The van der Waals surface area contributed by atoms with Gasteiger partial charge < -0.3 is 10.2 Å². The molecule has 2 aliphatic rings. The lowest BCUT2D eigenvalue weighted by molar-refractivity contribution is -0.142. The third-order valence-corrected chi connectivity index (χ3v) is 6.77. The van der Waals surface area contributed by atoms with Crippen molar-refractivity contribution in [1.82, 2.24) is 10.2 Å². The molecule has 0 aromatic heterocycles. The van der Waals surface area contributed by atoms with Gasteiger partial charge in [-0.3, -0.25) is 9.59 Å². The molecule has 1 heterocycles. The van der Waals surface area contributed by atoms with E-state index in [2.05, 4.69) is 42.6 Å². The summed E-state index contributed by atoms with van der Waals surface area (Å²) in [6.07, 6.45) is 3.32. The molecule has 1 aliphatic carbocycles. The van der Waals surface area contributed by atoms with Crippen LogP contribution >= 0.6 is 0 Å². The minimum Gasteiger partial charge on any atom is -0.356 e. The summed E-state index contributed by atoms with van der Waals surface area (Å²) in [5, 5.41) is 3.07. The maximum atomic E-state index is 13.3. The van der Waals surface area contributed by atoms with Gasteiger partial charge in [-0.1, -0.05) is 61.5 Å². The highest BCUT2D eigenvalue weighted by atomic mass is 16.2. The molecule has 0 bridgehead atoms. The average molecular weight is 405 g/mol. The second-order valence-electron chi connectivity index (χ2n) is 9.02. The molecular weight excluding hydrogens is 372 g/mol. The van der Waals surface area contributed by atoms with E-state index in [1.807, 2.05) is 36.1 Å². The lowest BCUT2D eigenvalue weighted by atomic mass is 9.73. The Morgan fingerprint density at radius 2 is 1.80 bits per heavy atom. The van der Waals surface area contributed by atoms with Crippen LogP contribution < -0.4 is 5.32 Å². The first-order valence-corrected chi connectivity index (χ1v) is 11.2. The Morgan fingerprint density at radius 1 is 1.10 bits per heavy atom. The van der Waals surface area contributed by atoms with Gasteiger partial charge in [-0.15, -0.1) is 0 Å². The van der Waals surface area contributed by atoms with Gasteiger partial charge in [0.25, 0.3) is 0 Å². The van der Waals surface area contributed by atoms with Crippen molar-refractivity contribution in [3.05, 3.63) is 60.2 Å². The van der Waals surface area contributed by atoms with Crippen molar-refractivity contribution in [3.8, 4) is 11.1 Å².